The number of halogens is 1. The molecule has 6 heteroatoms. The minimum atomic E-state index is -0.295. The Morgan fingerprint density at radius 1 is 1.19 bits per heavy atom. The summed E-state index contributed by atoms with van der Waals surface area (Å²) in [4.78, 5) is 17.8. The Morgan fingerprint density at radius 3 is 2.65 bits per heavy atom. The van der Waals surface area contributed by atoms with E-state index in [1.165, 1.54) is 23.5 Å². The van der Waals surface area contributed by atoms with Gasteiger partial charge in [0.15, 0.2) is 0 Å². The number of benzene rings is 2. The first-order chi connectivity index (χ1) is 12.6. The summed E-state index contributed by atoms with van der Waals surface area (Å²) in [6.07, 6.45) is 0.230. The summed E-state index contributed by atoms with van der Waals surface area (Å²) in [7, 11) is 1.61. The number of rotatable bonds is 6. The molecule has 0 aliphatic rings. The van der Waals surface area contributed by atoms with Gasteiger partial charge in [0.05, 0.1) is 24.2 Å². The first-order valence-corrected chi connectivity index (χ1v) is 8.99. The number of thiazole rings is 1. The number of aromatic nitrogens is 1. The van der Waals surface area contributed by atoms with Gasteiger partial charge in [-0.25, -0.2) is 9.37 Å². The zero-order chi connectivity index (χ0) is 18.5. The van der Waals surface area contributed by atoms with Crippen molar-refractivity contribution in [3.05, 3.63) is 69.8 Å². The molecule has 0 unspecified atom stereocenters. The fourth-order valence-corrected chi connectivity index (χ4v) is 3.63. The van der Waals surface area contributed by atoms with Gasteiger partial charge in [0.2, 0.25) is 5.91 Å². The minimum absolute atomic E-state index is 0.0945. The lowest BCUT2D eigenvalue weighted by molar-refractivity contribution is -0.120. The Kier molecular flexibility index (Phi) is 5.63. The average molecular weight is 370 g/mol. The molecule has 2 aromatic carbocycles. The number of ether oxygens (including phenoxy) is 1. The average Bonchev–Trinajstić information content (AvgIpc) is 3.01. The normalized spacial score (nSPS) is 10.6. The number of nitrogens with zero attached hydrogens (tertiary/aromatic N) is 1. The molecule has 0 fully saturated rings. The van der Waals surface area contributed by atoms with Crippen molar-refractivity contribution in [1.29, 1.82) is 0 Å². The van der Waals surface area contributed by atoms with Crippen LogP contribution >= 0.6 is 11.3 Å². The van der Waals surface area contributed by atoms with Crippen molar-refractivity contribution < 1.29 is 13.9 Å². The van der Waals surface area contributed by atoms with Gasteiger partial charge in [-0.05, 0) is 37.3 Å². The predicted octanol–water partition coefficient (Wildman–Crippen LogP) is 4.13. The summed E-state index contributed by atoms with van der Waals surface area (Å²) in [5.41, 5.74) is 2.46. The van der Waals surface area contributed by atoms with E-state index in [0.717, 1.165) is 32.5 Å². The SMILES string of the molecule is COc1ccccc1CNC(=O)Cc1sc(C)nc1-c1ccc(F)cc1. The van der Waals surface area contributed by atoms with Crippen molar-refractivity contribution in [3.63, 3.8) is 0 Å². The van der Waals surface area contributed by atoms with E-state index in [2.05, 4.69) is 10.3 Å². The molecule has 0 saturated heterocycles. The third-order valence-corrected chi connectivity index (χ3v) is 4.88. The highest BCUT2D eigenvalue weighted by Crippen LogP contribution is 2.28. The van der Waals surface area contributed by atoms with E-state index in [1.54, 1.807) is 19.2 Å². The lowest BCUT2D eigenvalue weighted by Gasteiger charge is -2.09. The van der Waals surface area contributed by atoms with Crippen molar-refractivity contribution in [2.45, 2.75) is 19.9 Å². The van der Waals surface area contributed by atoms with Gasteiger partial charge >= 0.3 is 0 Å². The maximum atomic E-state index is 13.1. The van der Waals surface area contributed by atoms with Crippen LogP contribution in [0.2, 0.25) is 0 Å². The standard InChI is InChI=1S/C20H19FN2O2S/c1-13-23-20(14-7-9-16(21)10-8-14)18(26-13)11-19(24)22-12-15-5-3-4-6-17(15)25-2/h3-10H,11-12H2,1-2H3,(H,22,24). The zero-order valence-electron chi connectivity index (χ0n) is 14.6. The molecule has 0 spiro atoms. The largest absolute Gasteiger partial charge is 0.496 e. The van der Waals surface area contributed by atoms with Crippen LogP contribution in [0.4, 0.5) is 4.39 Å². The lowest BCUT2D eigenvalue weighted by Crippen LogP contribution is -2.24. The Hall–Kier alpha value is -2.73. The van der Waals surface area contributed by atoms with Crippen LogP contribution in [0.5, 0.6) is 5.75 Å². The van der Waals surface area contributed by atoms with Gasteiger partial charge in [-0.15, -0.1) is 11.3 Å². The maximum Gasteiger partial charge on any atom is 0.225 e. The molecule has 0 aliphatic carbocycles. The van der Waals surface area contributed by atoms with Gasteiger partial charge in [0.1, 0.15) is 11.6 Å². The number of amides is 1. The van der Waals surface area contributed by atoms with E-state index in [1.807, 2.05) is 31.2 Å². The maximum absolute atomic E-state index is 13.1. The number of hydrogen-bond acceptors (Lipinski definition) is 4. The summed E-state index contributed by atoms with van der Waals surface area (Å²) in [5, 5.41) is 3.79. The van der Waals surface area contributed by atoms with Crippen molar-refractivity contribution >= 4 is 17.2 Å². The number of methoxy groups -OCH3 is 1. The molecule has 3 aromatic rings. The van der Waals surface area contributed by atoms with Gasteiger partial charge in [-0.3, -0.25) is 4.79 Å². The number of para-hydroxylation sites is 1. The molecule has 0 saturated carbocycles. The molecule has 1 N–H and O–H groups in total. The molecule has 0 atom stereocenters. The third kappa shape index (κ3) is 4.26. The van der Waals surface area contributed by atoms with Crippen LogP contribution in [0.1, 0.15) is 15.4 Å². The summed E-state index contributed by atoms with van der Waals surface area (Å²) >= 11 is 1.48. The van der Waals surface area contributed by atoms with Gasteiger partial charge < -0.3 is 10.1 Å². The van der Waals surface area contributed by atoms with E-state index in [-0.39, 0.29) is 18.1 Å². The molecule has 1 amide bonds. The number of carbonyl (C=O) groups excluding carboxylic acids is 1. The zero-order valence-corrected chi connectivity index (χ0v) is 15.4. The molecule has 1 aromatic heterocycles. The molecule has 26 heavy (non-hydrogen) atoms. The summed E-state index contributed by atoms with van der Waals surface area (Å²) < 4.78 is 18.4. The Bertz CT molecular complexity index is 906. The van der Waals surface area contributed by atoms with E-state index >= 15 is 0 Å². The predicted molar refractivity (Wildman–Crippen MR) is 101 cm³/mol. The van der Waals surface area contributed by atoms with Crippen molar-refractivity contribution in [2.24, 2.45) is 0 Å². The molecule has 3 rings (SSSR count). The molecular formula is C20H19FN2O2S. The molecule has 1 heterocycles. The highest BCUT2D eigenvalue weighted by atomic mass is 32.1. The second-order valence-electron chi connectivity index (χ2n) is 5.78. The molecule has 0 bridgehead atoms. The fraction of sp³-hybridized carbons (Fsp3) is 0.200. The van der Waals surface area contributed by atoms with Crippen molar-refractivity contribution in [3.8, 4) is 17.0 Å². The molecular weight excluding hydrogens is 351 g/mol. The van der Waals surface area contributed by atoms with Crippen molar-refractivity contribution in [2.75, 3.05) is 7.11 Å². The molecule has 0 radical (unpaired) electrons. The quantitative estimate of drug-likeness (QED) is 0.710. The highest BCUT2D eigenvalue weighted by molar-refractivity contribution is 7.12. The topological polar surface area (TPSA) is 51.2 Å². The Morgan fingerprint density at radius 2 is 1.92 bits per heavy atom. The second-order valence-corrected chi connectivity index (χ2v) is 7.06. The van der Waals surface area contributed by atoms with E-state index < -0.39 is 0 Å². The van der Waals surface area contributed by atoms with Crippen LogP contribution < -0.4 is 10.1 Å². The van der Waals surface area contributed by atoms with Crippen molar-refractivity contribution in [1.82, 2.24) is 10.3 Å². The van der Waals surface area contributed by atoms with E-state index in [9.17, 15) is 9.18 Å². The number of hydrogen-bond donors (Lipinski definition) is 1. The van der Waals surface area contributed by atoms with Crippen LogP contribution in [0, 0.1) is 12.7 Å². The smallest absolute Gasteiger partial charge is 0.225 e. The Labute approximate surface area is 155 Å². The second kappa shape index (κ2) is 8.10. The first kappa shape index (κ1) is 18.1. The number of aryl methyl sites for hydroxylation is 1. The van der Waals surface area contributed by atoms with E-state index in [0.29, 0.717) is 6.54 Å². The lowest BCUT2D eigenvalue weighted by atomic mass is 10.1. The number of carbonyl (C=O) groups is 1. The van der Waals surface area contributed by atoms with Crippen LogP contribution in [-0.2, 0) is 17.8 Å². The Balaban J connectivity index is 1.71. The van der Waals surface area contributed by atoms with Crippen LogP contribution in [-0.4, -0.2) is 18.0 Å². The van der Waals surface area contributed by atoms with Crippen LogP contribution in [0.15, 0.2) is 48.5 Å². The van der Waals surface area contributed by atoms with Gasteiger partial charge in [-0.2, -0.15) is 0 Å². The van der Waals surface area contributed by atoms with E-state index in [4.69, 9.17) is 4.74 Å². The van der Waals surface area contributed by atoms with Crippen LogP contribution in [0.3, 0.4) is 0 Å². The van der Waals surface area contributed by atoms with Gasteiger partial charge in [-0.1, -0.05) is 18.2 Å². The summed E-state index contributed by atoms with van der Waals surface area (Å²) in [5.74, 6) is 0.355. The first-order valence-electron chi connectivity index (χ1n) is 8.17. The summed E-state index contributed by atoms with van der Waals surface area (Å²) in [6.45, 7) is 2.29. The molecule has 4 nitrogen and oxygen atoms in total. The van der Waals surface area contributed by atoms with Gasteiger partial charge in [0.25, 0.3) is 0 Å². The monoisotopic (exact) mass is 370 g/mol. The van der Waals surface area contributed by atoms with Crippen LogP contribution in [0.25, 0.3) is 11.3 Å². The highest BCUT2D eigenvalue weighted by Gasteiger charge is 2.15. The molecule has 134 valence electrons. The molecule has 0 aliphatic heterocycles. The number of nitrogens with one attached hydrogen (secondary N) is 1. The fourth-order valence-electron chi connectivity index (χ4n) is 2.67. The minimum Gasteiger partial charge on any atom is -0.496 e. The summed E-state index contributed by atoms with van der Waals surface area (Å²) in [6, 6.07) is 13.7. The third-order valence-electron chi connectivity index (χ3n) is 3.91. The van der Waals surface area contributed by atoms with Gasteiger partial charge in [0, 0.05) is 22.5 Å².